The number of Topliss-reactive ketones (excluding diaryl/α,β-unsaturated/α-hetero) is 2. The Morgan fingerprint density at radius 3 is 1.97 bits per heavy atom. The van der Waals surface area contributed by atoms with E-state index >= 15 is 0 Å². The molecule has 0 radical (unpaired) electrons. The number of ether oxygens (including phenoxy) is 1. The Hall–Kier alpha value is -2.30. The minimum absolute atomic E-state index is 0.0767. The van der Waals surface area contributed by atoms with Gasteiger partial charge >= 0.3 is 5.97 Å². The zero-order chi connectivity index (χ0) is 24.1. The zero-order valence-corrected chi connectivity index (χ0v) is 20.7. The van der Waals surface area contributed by atoms with E-state index in [1.807, 2.05) is 13.8 Å². The number of esters is 1. The molecule has 1 aromatic rings. The average Bonchev–Trinajstić information content (AvgIpc) is 2.76. The van der Waals surface area contributed by atoms with Gasteiger partial charge in [0.25, 0.3) is 0 Å². The Morgan fingerprint density at radius 2 is 1.42 bits per heavy atom. The van der Waals surface area contributed by atoms with Crippen LogP contribution in [-0.2, 0) is 14.3 Å². The van der Waals surface area contributed by atoms with Gasteiger partial charge in [-0.1, -0.05) is 78.6 Å². The lowest BCUT2D eigenvalue weighted by molar-refractivity contribution is -0.136. The molecule has 0 bridgehead atoms. The van der Waals surface area contributed by atoms with Gasteiger partial charge < -0.3 is 4.74 Å². The van der Waals surface area contributed by atoms with Gasteiger partial charge in [0.2, 0.25) is 0 Å². The summed E-state index contributed by atoms with van der Waals surface area (Å²) in [4.78, 5) is 41.0. The van der Waals surface area contributed by atoms with Crippen LogP contribution in [0.3, 0.4) is 0 Å². The Balaban J connectivity index is 1.65. The van der Waals surface area contributed by atoms with Gasteiger partial charge in [0.15, 0.2) is 0 Å². The van der Waals surface area contributed by atoms with Crippen molar-refractivity contribution >= 4 is 29.4 Å². The third kappa shape index (κ3) is 10.0. The molecule has 0 amide bonds. The summed E-state index contributed by atoms with van der Waals surface area (Å²) in [6, 6.07) is 6.74. The van der Waals surface area contributed by atoms with Crippen LogP contribution in [0.2, 0.25) is 0 Å². The van der Waals surface area contributed by atoms with Gasteiger partial charge in [-0.05, 0) is 36.1 Å². The maximum Gasteiger partial charge on any atom is 0.338 e. The molecular weight excluding hydrogens is 414 g/mol. The molecule has 0 heterocycles. The smallest absolute Gasteiger partial charge is 0.338 e. The molecule has 5 heteroatoms. The molecule has 5 nitrogen and oxygen atoms in total. The molecular formula is C28H41NO4. The predicted molar refractivity (Wildman–Crippen MR) is 133 cm³/mol. The van der Waals surface area contributed by atoms with Crippen molar-refractivity contribution in [3.8, 4) is 0 Å². The minimum Gasteiger partial charge on any atom is -0.462 e. The van der Waals surface area contributed by atoms with Gasteiger partial charge in [0, 0.05) is 19.1 Å². The van der Waals surface area contributed by atoms with E-state index in [1.54, 1.807) is 24.3 Å². The number of aliphatic imine (C=N–C) groups is 1. The van der Waals surface area contributed by atoms with Crippen LogP contribution >= 0.6 is 0 Å². The molecule has 0 aliphatic heterocycles. The molecule has 182 valence electrons. The van der Waals surface area contributed by atoms with E-state index in [-0.39, 0.29) is 23.0 Å². The number of carbonyl (C=O) groups is 3. The molecule has 0 atom stereocenters. The summed E-state index contributed by atoms with van der Waals surface area (Å²) in [5.74, 6) is -1.25. The highest BCUT2D eigenvalue weighted by Gasteiger charge is 2.38. The number of unbranched alkanes of at least 4 members (excludes halogenated alkanes) is 9. The first-order valence-electron chi connectivity index (χ1n) is 12.7. The van der Waals surface area contributed by atoms with Crippen LogP contribution in [-0.4, -0.2) is 30.4 Å². The second kappa shape index (κ2) is 14.1. The number of hydrogen-bond donors (Lipinski definition) is 0. The molecule has 1 fully saturated rings. The van der Waals surface area contributed by atoms with Gasteiger partial charge in [0.05, 0.1) is 17.9 Å². The summed E-state index contributed by atoms with van der Waals surface area (Å²) < 4.78 is 5.38. The molecule has 0 spiro atoms. The number of benzene rings is 1. The van der Waals surface area contributed by atoms with E-state index in [4.69, 9.17) is 4.74 Å². The molecule has 2 rings (SSSR count). The third-order valence-electron chi connectivity index (χ3n) is 6.21. The second-order valence-electron chi connectivity index (χ2n) is 10.1. The fourth-order valence-electron chi connectivity index (χ4n) is 4.25. The van der Waals surface area contributed by atoms with Crippen molar-refractivity contribution in [2.75, 3.05) is 6.61 Å². The van der Waals surface area contributed by atoms with Crippen molar-refractivity contribution in [3.05, 3.63) is 29.8 Å². The standard InChI is InChI=1S/C28H41NO4/c1-4-5-6-7-8-9-10-11-12-13-18-33-27(32)22-14-16-23(17-15-22)29-21-24-25(30)19-28(2,3)20-26(24)31/h14-17,21,24H,4-13,18-20H2,1-3H3. The van der Waals surface area contributed by atoms with E-state index in [9.17, 15) is 14.4 Å². The summed E-state index contributed by atoms with van der Waals surface area (Å²) in [7, 11) is 0. The third-order valence-corrected chi connectivity index (χ3v) is 6.21. The number of nitrogens with zero attached hydrogens (tertiary/aromatic N) is 1. The summed E-state index contributed by atoms with van der Waals surface area (Å²) in [5.41, 5.74) is 0.813. The number of rotatable bonds is 14. The van der Waals surface area contributed by atoms with Gasteiger partial charge in [0.1, 0.15) is 17.5 Å². The molecule has 1 saturated carbocycles. The predicted octanol–water partition coefficient (Wildman–Crippen LogP) is 7.04. The largest absolute Gasteiger partial charge is 0.462 e. The van der Waals surface area contributed by atoms with E-state index in [1.165, 1.54) is 57.6 Å². The Kier molecular flexibility index (Phi) is 11.5. The van der Waals surface area contributed by atoms with Crippen LogP contribution in [0, 0.1) is 11.3 Å². The zero-order valence-electron chi connectivity index (χ0n) is 20.7. The highest BCUT2D eigenvalue weighted by molar-refractivity contribution is 6.16. The van der Waals surface area contributed by atoms with Crippen molar-refractivity contribution in [1.29, 1.82) is 0 Å². The topological polar surface area (TPSA) is 72.8 Å². The maximum absolute atomic E-state index is 12.3. The average molecular weight is 456 g/mol. The first kappa shape index (κ1) is 26.9. The number of ketones is 2. The van der Waals surface area contributed by atoms with Gasteiger partial charge in [-0.2, -0.15) is 0 Å². The number of carbonyl (C=O) groups excluding carboxylic acids is 3. The van der Waals surface area contributed by atoms with E-state index in [0.717, 1.165) is 12.8 Å². The van der Waals surface area contributed by atoms with Gasteiger partial charge in [-0.15, -0.1) is 0 Å². The Bertz CT molecular complexity index is 775. The van der Waals surface area contributed by atoms with Crippen molar-refractivity contribution in [2.45, 2.75) is 97.8 Å². The van der Waals surface area contributed by atoms with Gasteiger partial charge in [-0.3, -0.25) is 14.6 Å². The van der Waals surface area contributed by atoms with Crippen LogP contribution in [0.1, 0.15) is 108 Å². The van der Waals surface area contributed by atoms with Crippen LogP contribution in [0.5, 0.6) is 0 Å². The van der Waals surface area contributed by atoms with E-state index in [2.05, 4.69) is 11.9 Å². The van der Waals surface area contributed by atoms with Crippen molar-refractivity contribution in [1.82, 2.24) is 0 Å². The highest BCUT2D eigenvalue weighted by atomic mass is 16.5. The number of hydrogen-bond acceptors (Lipinski definition) is 5. The SMILES string of the molecule is CCCCCCCCCCCCOC(=O)c1ccc(N=CC2C(=O)CC(C)(C)CC2=O)cc1. The van der Waals surface area contributed by atoms with Crippen LogP contribution < -0.4 is 0 Å². The normalized spacial score (nSPS) is 16.5. The first-order chi connectivity index (χ1) is 15.8. The lowest BCUT2D eigenvalue weighted by Gasteiger charge is -2.30. The van der Waals surface area contributed by atoms with Crippen LogP contribution in [0.15, 0.2) is 29.3 Å². The maximum atomic E-state index is 12.3. The first-order valence-corrected chi connectivity index (χ1v) is 12.7. The van der Waals surface area contributed by atoms with Crippen molar-refractivity contribution < 1.29 is 19.1 Å². The summed E-state index contributed by atoms with van der Waals surface area (Å²) >= 11 is 0. The molecule has 1 aliphatic carbocycles. The Labute approximate surface area is 199 Å². The van der Waals surface area contributed by atoms with Crippen molar-refractivity contribution in [2.24, 2.45) is 16.3 Å². The lowest BCUT2D eigenvalue weighted by atomic mass is 9.72. The summed E-state index contributed by atoms with van der Waals surface area (Å²) in [6.45, 7) is 6.55. The molecule has 1 aliphatic rings. The van der Waals surface area contributed by atoms with Crippen LogP contribution in [0.4, 0.5) is 5.69 Å². The quantitative estimate of drug-likeness (QED) is 0.130. The molecule has 0 unspecified atom stereocenters. The summed E-state index contributed by atoms with van der Waals surface area (Å²) in [5, 5.41) is 0. The van der Waals surface area contributed by atoms with Crippen LogP contribution in [0.25, 0.3) is 0 Å². The van der Waals surface area contributed by atoms with E-state index in [0.29, 0.717) is 30.7 Å². The fraction of sp³-hybridized carbons (Fsp3) is 0.643. The monoisotopic (exact) mass is 455 g/mol. The molecule has 0 N–H and O–H groups in total. The molecule has 0 saturated heterocycles. The fourth-order valence-corrected chi connectivity index (χ4v) is 4.25. The highest BCUT2D eigenvalue weighted by Crippen LogP contribution is 2.33. The molecule has 33 heavy (non-hydrogen) atoms. The summed E-state index contributed by atoms with van der Waals surface area (Å²) in [6.07, 6.45) is 14.7. The van der Waals surface area contributed by atoms with Gasteiger partial charge in [-0.25, -0.2) is 4.79 Å². The minimum atomic E-state index is -0.760. The Morgan fingerprint density at radius 1 is 0.909 bits per heavy atom. The van der Waals surface area contributed by atoms with E-state index < -0.39 is 5.92 Å². The lowest BCUT2D eigenvalue weighted by Crippen LogP contribution is -2.38. The molecule has 0 aromatic heterocycles. The second-order valence-corrected chi connectivity index (χ2v) is 10.1. The van der Waals surface area contributed by atoms with Crippen molar-refractivity contribution in [3.63, 3.8) is 0 Å². The molecule has 1 aromatic carbocycles.